The Bertz CT molecular complexity index is 1380. The summed E-state index contributed by atoms with van der Waals surface area (Å²) in [6, 6.07) is 16.5. The van der Waals surface area contributed by atoms with Crippen LogP contribution in [0.1, 0.15) is 28.4 Å². The van der Waals surface area contributed by atoms with E-state index in [1.54, 1.807) is 66.7 Å². The van der Waals surface area contributed by atoms with Crippen molar-refractivity contribution >= 4 is 35.5 Å². The number of hydrogen-bond donors (Lipinski definition) is 0. The largest absolute Gasteiger partial charge is 0.490 e. The molecular formula is C26H18ClNO7. The number of carbonyl (C=O) groups is 2. The molecule has 2 aliphatic rings. The molecule has 0 atom stereocenters. The highest BCUT2D eigenvalue weighted by Crippen LogP contribution is 2.34. The summed E-state index contributed by atoms with van der Waals surface area (Å²) in [6.45, 7) is 2.26. The van der Waals surface area contributed by atoms with Gasteiger partial charge in [-0.25, -0.2) is 14.6 Å². The zero-order valence-corrected chi connectivity index (χ0v) is 19.2. The van der Waals surface area contributed by atoms with Gasteiger partial charge in [-0.3, -0.25) is 0 Å². The Morgan fingerprint density at radius 2 is 1.83 bits per heavy atom. The van der Waals surface area contributed by atoms with Crippen LogP contribution in [0.25, 0.3) is 6.08 Å². The van der Waals surface area contributed by atoms with E-state index >= 15 is 0 Å². The Morgan fingerprint density at radius 3 is 2.63 bits per heavy atom. The van der Waals surface area contributed by atoms with Crippen molar-refractivity contribution in [2.24, 2.45) is 4.99 Å². The number of fused-ring (bicyclic) bond motifs is 1. The van der Waals surface area contributed by atoms with Gasteiger partial charge in [0.05, 0.1) is 12.2 Å². The molecule has 0 radical (unpaired) electrons. The summed E-state index contributed by atoms with van der Waals surface area (Å²) in [5.41, 5.74) is 1.68. The summed E-state index contributed by atoms with van der Waals surface area (Å²) in [7, 11) is 0. The average Bonchev–Trinajstić information content (AvgIpc) is 3.47. The lowest BCUT2D eigenvalue weighted by Crippen LogP contribution is -2.09. The summed E-state index contributed by atoms with van der Waals surface area (Å²) < 4.78 is 27.1. The van der Waals surface area contributed by atoms with Gasteiger partial charge in [0.1, 0.15) is 0 Å². The predicted octanol–water partition coefficient (Wildman–Crippen LogP) is 5.03. The van der Waals surface area contributed by atoms with E-state index < -0.39 is 11.9 Å². The van der Waals surface area contributed by atoms with Crippen LogP contribution < -0.4 is 18.9 Å². The van der Waals surface area contributed by atoms with Crippen LogP contribution in [-0.4, -0.2) is 31.2 Å². The molecule has 0 saturated heterocycles. The number of esters is 2. The van der Waals surface area contributed by atoms with E-state index in [1.165, 1.54) is 0 Å². The Kier molecular flexibility index (Phi) is 6.12. The molecule has 3 aromatic carbocycles. The Morgan fingerprint density at radius 1 is 1.03 bits per heavy atom. The van der Waals surface area contributed by atoms with Crippen molar-refractivity contribution in [2.75, 3.05) is 13.4 Å². The fraction of sp³-hybridized carbons (Fsp3) is 0.115. The summed E-state index contributed by atoms with van der Waals surface area (Å²) >= 11 is 5.91. The van der Waals surface area contributed by atoms with Crippen LogP contribution >= 0.6 is 11.6 Å². The topological polar surface area (TPSA) is 92.7 Å². The molecule has 2 aliphatic heterocycles. The minimum absolute atomic E-state index is 0.109. The number of cyclic esters (lactones) is 1. The van der Waals surface area contributed by atoms with Gasteiger partial charge in [0.15, 0.2) is 28.7 Å². The zero-order valence-electron chi connectivity index (χ0n) is 18.4. The van der Waals surface area contributed by atoms with Gasteiger partial charge >= 0.3 is 11.9 Å². The summed E-state index contributed by atoms with van der Waals surface area (Å²) in [5.74, 6) is 0.658. The number of carbonyl (C=O) groups excluding carboxylic acids is 2. The van der Waals surface area contributed by atoms with E-state index in [-0.39, 0.29) is 24.1 Å². The van der Waals surface area contributed by atoms with E-state index in [0.717, 1.165) is 0 Å². The molecule has 176 valence electrons. The molecule has 0 bridgehead atoms. The first-order chi connectivity index (χ1) is 17.0. The number of ether oxygens (including phenoxy) is 5. The Hall–Kier alpha value is -4.30. The second-order valence-corrected chi connectivity index (χ2v) is 7.88. The smallest absolute Gasteiger partial charge is 0.363 e. The molecule has 3 aromatic rings. The highest BCUT2D eigenvalue weighted by Gasteiger charge is 2.24. The normalized spacial score (nSPS) is 15.1. The van der Waals surface area contributed by atoms with Gasteiger partial charge < -0.3 is 23.7 Å². The predicted molar refractivity (Wildman–Crippen MR) is 127 cm³/mol. The van der Waals surface area contributed by atoms with Gasteiger partial charge in [-0.1, -0.05) is 17.7 Å². The van der Waals surface area contributed by atoms with Crippen LogP contribution in [0.2, 0.25) is 5.02 Å². The number of halogens is 1. The fourth-order valence-corrected chi connectivity index (χ4v) is 3.56. The van der Waals surface area contributed by atoms with Crippen molar-refractivity contribution in [3.63, 3.8) is 0 Å². The van der Waals surface area contributed by atoms with Gasteiger partial charge in [-0.05, 0) is 73.2 Å². The monoisotopic (exact) mass is 491 g/mol. The minimum Gasteiger partial charge on any atom is -0.490 e. The van der Waals surface area contributed by atoms with Crippen LogP contribution in [-0.2, 0) is 9.53 Å². The van der Waals surface area contributed by atoms with Gasteiger partial charge in [0, 0.05) is 10.6 Å². The first-order valence-corrected chi connectivity index (χ1v) is 11.0. The maximum Gasteiger partial charge on any atom is 0.363 e. The first-order valence-electron chi connectivity index (χ1n) is 10.7. The van der Waals surface area contributed by atoms with Gasteiger partial charge in [0.25, 0.3) is 0 Å². The number of aliphatic imine (C=N–C) groups is 1. The number of rotatable bonds is 6. The quantitative estimate of drug-likeness (QED) is 0.271. The molecule has 2 heterocycles. The lowest BCUT2D eigenvalue weighted by molar-refractivity contribution is -0.129. The molecule has 0 fully saturated rings. The summed E-state index contributed by atoms with van der Waals surface area (Å²) in [5, 5.41) is 0.567. The molecule has 8 nitrogen and oxygen atoms in total. The molecule has 0 N–H and O–H groups in total. The van der Waals surface area contributed by atoms with Crippen molar-refractivity contribution in [1.29, 1.82) is 0 Å². The summed E-state index contributed by atoms with van der Waals surface area (Å²) in [4.78, 5) is 29.3. The molecule has 0 unspecified atom stereocenters. The van der Waals surface area contributed by atoms with Crippen LogP contribution in [0.4, 0.5) is 0 Å². The van der Waals surface area contributed by atoms with Gasteiger partial charge in [0.2, 0.25) is 12.7 Å². The zero-order chi connectivity index (χ0) is 24.4. The van der Waals surface area contributed by atoms with Crippen LogP contribution in [0.3, 0.4) is 0 Å². The van der Waals surface area contributed by atoms with Gasteiger partial charge in [-0.2, -0.15) is 0 Å². The van der Waals surface area contributed by atoms with Crippen molar-refractivity contribution in [3.8, 4) is 23.0 Å². The van der Waals surface area contributed by atoms with Crippen molar-refractivity contribution in [2.45, 2.75) is 6.92 Å². The van der Waals surface area contributed by atoms with Crippen LogP contribution in [0.15, 0.2) is 71.4 Å². The number of nitrogens with zero attached hydrogens (tertiary/aromatic N) is 1. The highest BCUT2D eigenvalue weighted by molar-refractivity contribution is 6.30. The Balaban J connectivity index is 1.38. The fourth-order valence-electron chi connectivity index (χ4n) is 3.43. The second-order valence-electron chi connectivity index (χ2n) is 7.44. The third-order valence-electron chi connectivity index (χ3n) is 5.09. The Labute approximate surface area is 205 Å². The third kappa shape index (κ3) is 4.83. The van der Waals surface area contributed by atoms with Crippen molar-refractivity contribution < 1.29 is 33.3 Å². The molecular weight excluding hydrogens is 474 g/mol. The molecule has 0 spiro atoms. The van der Waals surface area contributed by atoms with E-state index in [2.05, 4.69) is 4.99 Å². The molecule has 35 heavy (non-hydrogen) atoms. The maximum absolute atomic E-state index is 12.7. The first kappa shape index (κ1) is 22.5. The van der Waals surface area contributed by atoms with E-state index in [9.17, 15) is 9.59 Å². The van der Waals surface area contributed by atoms with E-state index in [0.29, 0.717) is 45.6 Å². The molecule has 0 aromatic heterocycles. The molecule has 0 aliphatic carbocycles. The maximum atomic E-state index is 12.7. The molecule has 0 saturated carbocycles. The SMILES string of the molecule is CCOc1cc(C=C2N=C(c3ccc(Cl)cc3)OC2=O)ccc1OC(=O)c1ccc2c(c1)OCO2. The van der Waals surface area contributed by atoms with Crippen LogP contribution in [0.5, 0.6) is 23.0 Å². The average molecular weight is 492 g/mol. The summed E-state index contributed by atoms with van der Waals surface area (Å²) in [6.07, 6.45) is 1.57. The van der Waals surface area contributed by atoms with E-state index in [1.807, 2.05) is 6.92 Å². The molecule has 0 amide bonds. The molecule has 9 heteroatoms. The van der Waals surface area contributed by atoms with Crippen molar-refractivity contribution in [1.82, 2.24) is 0 Å². The minimum atomic E-state index is -0.578. The van der Waals surface area contributed by atoms with Gasteiger partial charge in [-0.15, -0.1) is 0 Å². The highest BCUT2D eigenvalue weighted by atomic mass is 35.5. The van der Waals surface area contributed by atoms with Crippen molar-refractivity contribution in [3.05, 3.63) is 88.1 Å². The van der Waals surface area contributed by atoms with E-state index in [4.69, 9.17) is 35.3 Å². The lowest BCUT2D eigenvalue weighted by Gasteiger charge is -2.11. The lowest BCUT2D eigenvalue weighted by atomic mass is 10.1. The number of benzene rings is 3. The number of hydrogen-bond acceptors (Lipinski definition) is 8. The third-order valence-corrected chi connectivity index (χ3v) is 5.35. The molecule has 5 rings (SSSR count). The standard InChI is InChI=1S/C26H18ClNO7/c1-2-31-22-12-15(11-19-26(30)35-24(28-19)16-4-7-18(27)8-5-16)3-9-21(22)34-25(29)17-6-10-20-23(13-17)33-14-32-20/h3-13H,2,14H2,1H3. The second kappa shape index (κ2) is 9.52. The van der Waals surface area contributed by atoms with Crippen LogP contribution in [0, 0.1) is 0 Å².